The van der Waals surface area contributed by atoms with Gasteiger partial charge in [-0.1, -0.05) is 18.2 Å². The Morgan fingerprint density at radius 1 is 1.22 bits per heavy atom. The van der Waals surface area contributed by atoms with Gasteiger partial charge in [-0.3, -0.25) is 4.79 Å². The Labute approximate surface area is 156 Å². The van der Waals surface area contributed by atoms with E-state index >= 15 is 0 Å². The van der Waals surface area contributed by atoms with Gasteiger partial charge in [0.2, 0.25) is 15.9 Å². The fourth-order valence-corrected chi connectivity index (χ4v) is 4.76. The van der Waals surface area contributed by atoms with E-state index in [-0.39, 0.29) is 5.91 Å². The second-order valence-corrected chi connectivity index (χ2v) is 8.60. The van der Waals surface area contributed by atoms with Gasteiger partial charge in [-0.25, -0.2) is 8.42 Å². The molecule has 7 nitrogen and oxygen atoms in total. The van der Waals surface area contributed by atoms with E-state index in [9.17, 15) is 13.2 Å². The van der Waals surface area contributed by atoms with Crippen LogP contribution in [0.3, 0.4) is 0 Å². The van der Waals surface area contributed by atoms with E-state index in [2.05, 4.69) is 5.32 Å². The highest BCUT2D eigenvalue weighted by Gasteiger charge is 2.36. The maximum Gasteiger partial charge on any atom is 0.242 e. The minimum absolute atomic E-state index is 0.358. The molecule has 0 unspecified atom stereocenters. The van der Waals surface area contributed by atoms with Crippen LogP contribution in [0, 0.1) is 0 Å². The number of rotatable bonds is 4. The smallest absolute Gasteiger partial charge is 0.242 e. The van der Waals surface area contributed by atoms with Crippen LogP contribution in [0.4, 0.5) is 5.69 Å². The van der Waals surface area contributed by atoms with E-state index < -0.39 is 16.1 Å². The van der Waals surface area contributed by atoms with Gasteiger partial charge in [0.15, 0.2) is 0 Å². The van der Waals surface area contributed by atoms with Crippen molar-refractivity contribution in [2.75, 3.05) is 25.2 Å². The largest absolute Gasteiger partial charge is 0.495 e. The van der Waals surface area contributed by atoms with E-state index in [1.165, 1.54) is 11.4 Å². The van der Waals surface area contributed by atoms with Crippen molar-refractivity contribution >= 4 is 43.6 Å². The Morgan fingerprint density at radius 3 is 2.74 bits per heavy atom. The number of furan rings is 1. The molecule has 2 heterocycles. The molecule has 8 heteroatoms. The van der Waals surface area contributed by atoms with Crippen LogP contribution in [0.2, 0.25) is 0 Å². The van der Waals surface area contributed by atoms with Crippen LogP contribution >= 0.6 is 0 Å². The Hall–Kier alpha value is -2.58. The molecule has 1 fully saturated rings. The zero-order chi connectivity index (χ0) is 19.2. The van der Waals surface area contributed by atoms with Crippen molar-refractivity contribution in [3.05, 3.63) is 36.4 Å². The van der Waals surface area contributed by atoms with Crippen molar-refractivity contribution in [1.29, 1.82) is 0 Å². The molecule has 1 aliphatic rings. The van der Waals surface area contributed by atoms with Gasteiger partial charge in [-0.15, -0.1) is 0 Å². The fraction of sp³-hybridized carbons (Fsp3) is 0.316. The average Bonchev–Trinajstić information content (AvgIpc) is 3.25. The molecule has 1 saturated heterocycles. The molecule has 1 aromatic heterocycles. The van der Waals surface area contributed by atoms with Crippen molar-refractivity contribution in [1.82, 2.24) is 4.31 Å². The van der Waals surface area contributed by atoms with Gasteiger partial charge in [0.1, 0.15) is 23.0 Å². The van der Waals surface area contributed by atoms with Crippen molar-refractivity contribution in [2.45, 2.75) is 18.9 Å². The lowest BCUT2D eigenvalue weighted by molar-refractivity contribution is -0.119. The maximum absolute atomic E-state index is 12.7. The first-order chi connectivity index (χ1) is 12.9. The van der Waals surface area contributed by atoms with Crippen LogP contribution in [0.25, 0.3) is 21.9 Å². The summed E-state index contributed by atoms with van der Waals surface area (Å²) in [5, 5.41) is 4.66. The summed E-state index contributed by atoms with van der Waals surface area (Å²) < 4.78 is 36.4. The number of hydrogen-bond donors (Lipinski definition) is 1. The number of ether oxygens (including phenoxy) is 1. The van der Waals surface area contributed by atoms with Crippen molar-refractivity contribution in [2.24, 2.45) is 0 Å². The SMILES string of the molecule is COc1cc2c(cc1NC(=O)[C@@H]1CCCN1S(C)(=O)=O)oc1ccccc12. The topological polar surface area (TPSA) is 88.9 Å². The molecule has 0 saturated carbocycles. The second kappa shape index (κ2) is 6.54. The van der Waals surface area contributed by atoms with E-state index in [1.807, 2.05) is 30.3 Å². The van der Waals surface area contributed by atoms with Crippen LogP contribution < -0.4 is 10.1 Å². The lowest BCUT2D eigenvalue weighted by Crippen LogP contribution is -2.42. The van der Waals surface area contributed by atoms with E-state index in [1.54, 1.807) is 6.07 Å². The van der Waals surface area contributed by atoms with Crippen LogP contribution in [0.15, 0.2) is 40.8 Å². The number of amides is 1. The molecule has 0 radical (unpaired) electrons. The predicted molar refractivity (Wildman–Crippen MR) is 103 cm³/mol. The number of nitrogens with one attached hydrogen (secondary N) is 1. The first kappa shape index (κ1) is 17.8. The van der Waals surface area contributed by atoms with Crippen molar-refractivity contribution in [3.8, 4) is 5.75 Å². The summed E-state index contributed by atoms with van der Waals surface area (Å²) in [6, 6.07) is 10.5. The quantitative estimate of drug-likeness (QED) is 0.742. The molecular weight excluding hydrogens is 368 g/mol. The van der Waals surface area contributed by atoms with E-state index in [4.69, 9.17) is 9.15 Å². The van der Waals surface area contributed by atoms with Crippen LogP contribution in [-0.4, -0.2) is 44.6 Å². The number of carbonyl (C=O) groups is 1. The highest BCUT2D eigenvalue weighted by molar-refractivity contribution is 7.88. The van der Waals surface area contributed by atoms with Crippen molar-refractivity contribution < 1.29 is 22.4 Å². The number of nitrogens with zero attached hydrogens (tertiary/aromatic N) is 1. The zero-order valence-electron chi connectivity index (χ0n) is 15.1. The third-order valence-corrected chi connectivity index (χ3v) is 6.18. The van der Waals surface area contributed by atoms with Gasteiger partial charge in [0, 0.05) is 23.4 Å². The number of anilines is 1. The molecule has 0 aliphatic carbocycles. The zero-order valence-corrected chi connectivity index (χ0v) is 15.9. The average molecular weight is 388 g/mol. The molecule has 2 aromatic carbocycles. The van der Waals surface area contributed by atoms with Crippen LogP contribution in [0.5, 0.6) is 5.75 Å². The molecule has 1 atom stereocenters. The Bertz CT molecular complexity index is 1140. The van der Waals surface area contributed by atoms with Crippen LogP contribution in [0.1, 0.15) is 12.8 Å². The predicted octanol–water partition coefficient (Wildman–Crippen LogP) is 2.96. The second-order valence-electron chi connectivity index (χ2n) is 6.67. The highest BCUT2D eigenvalue weighted by Crippen LogP contribution is 2.36. The molecule has 27 heavy (non-hydrogen) atoms. The number of fused-ring (bicyclic) bond motifs is 3. The van der Waals surface area contributed by atoms with E-state index in [0.717, 1.165) is 22.6 Å². The van der Waals surface area contributed by atoms with Gasteiger partial charge in [-0.05, 0) is 25.0 Å². The Balaban J connectivity index is 1.71. The molecule has 142 valence electrons. The summed E-state index contributed by atoms with van der Waals surface area (Å²) in [6.45, 7) is 0.358. The summed E-state index contributed by atoms with van der Waals surface area (Å²) in [7, 11) is -1.91. The number of methoxy groups -OCH3 is 1. The minimum atomic E-state index is -3.43. The van der Waals surface area contributed by atoms with Gasteiger partial charge in [-0.2, -0.15) is 4.31 Å². The van der Waals surface area contributed by atoms with E-state index in [0.29, 0.717) is 36.4 Å². The maximum atomic E-state index is 12.7. The summed E-state index contributed by atoms with van der Waals surface area (Å²) in [5.74, 6) is 0.123. The molecule has 1 aliphatic heterocycles. The number of benzene rings is 2. The molecule has 1 amide bonds. The first-order valence-electron chi connectivity index (χ1n) is 8.65. The van der Waals surface area contributed by atoms with Crippen molar-refractivity contribution in [3.63, 3.8) is 0 Å². The minimum Gasteiger partial charge on any atom is -0.495 e. The summed E-state index contributed by atoms with van der Waals surface area (Å²) >= 11 is 0. The normalized spacial score (nSPS) is 18.2. The third kappa shape index (κ3) is 3.15. The number of sulfonamides is 1. The summed E-state index contributed by atoms with van der Waals surface area (Å²) in [5.41, 5.74) is 1.82. The monoisotopic (exact) mass is 388 g/mol. The lowest BCUT2D eigenvalue weighted by Gasteiger charge is -2.21. The number of para-hydroxylation sites is 1. The molecule has 3 aromatic rings. The van der Waals surface area contributed by atoms with Gasteiger partial charge in [0.25, 0.3) is 0 Å². The molecular formula is C19H20N2O5S. The summed E-state index contributed by atoms with van der Waals surface area (Å²) in [4.78, 5) is 12.7. The van der Waals surface area contributed by atoms with Gasteiger partial charge in [0.05, 0.1) is 19.1 Å². The van der Waals surface area contributed by atoms with Gasteiger partial charge >= 0.3 is 0 Å². The summed E-state index contributed by atoms with van der Waals surface area (Å²) in [6.07, 6.45) is 2.28. The fourth-order valence-electron chi connectivity index (χ4n) is 3.63. The molecule has 0 spiro atoms. The third-order valence-electron chi connectivity index (χ3n) is 4.89. The Kier molecular flexibility index (Phi) is 4.32. The number of hydrogen-bond acceptors (Lipinski definition) is 5. The Morgan fingerprint density at radius 2 is 2.00 bits per heavy atom. The molecule has 4 rings (SSSR count). The van der Waals surface area contributed by atoms with Crippen LogP contribution in [-0.2, 0) is 14.8 Å². The molecule has 1 N–H and O–H groups in total. The first-order valence-corrected chi connectivity index (χ1v) is 10.5. The highest BCUT2D eigenvalue weighted by atomic mass is 32.2. The standard InChI is InChI=1S/C19H20N2O5S/c1-25-18-10-13-12-6-3-4-8-16(12)26-17(13)11-14(18)20-19(22)15-7-5-9-21(15)27(2,23)24/h3-4,6,8,10-11,15H,5,7,9H2,1-2H3,(H,20,22)/t15-/m0/s1. The molecule has 0 bridgehead atoms. The lowest BCUT2D eigenvalue weighted by atomic mass is 10.1. The number of carbonyl (C=O) groups excluding carboxylic acids is 1. The van der Waals surface area contributed by atoms with Gasteiger partial charge < -0.3 is 14.5 Å².